The van der Waals surface area contributed by atoms with Gasteiger partial charge in [-0.3, -0.25) is 0 Å². The lowest BCUT2D eigenvalue weighted by molar-refractivity contribution is 0.0277. The van der Waals surface area contributed by atoms with Crippen molar-refractivity contribution in [3.63, 3.8) is 0 Å². The monoisotopic (exact) mass is 408 g/mol. The topological polar surface area (TPSA) is 60.9 Å². The molecule has 0 atom stereocenters. The number of carbonyl (C=O) groups excluding carboxylic acids is 1. The van der Waals surface area contributed by atoms with Gasteiger partial charge in [-0.25, -0.2) is 9.78 Å². The second-order valence-electron chi connectivity index (χ2n) is 8.03. The zero-order valence-electron chi connectivity index (χ0n) is 17.9. The third-order valence-electron chi connectivity index (χ3n) is 4.27. The maximum Gasteiger partial charge on any atom is 0.410 e. The quantitative estimate of drug-likeness (QED) is 0.547. The molecule has 0 bridgehead atoms. The molecule has 0 unspecified atom stereocenters. The van der Waals surface area contributed by atoms with Crippen molar-refractivity contribution in [3.05, 3.63) is 66.2 Å². The van der Waals surface area contributed by atoms with Crippen molar-refractivity contribution < 1.29 is 19.0 Å². The molecular weight excluding hydrogens is 380 g/mol. The molecular formula is C24H28N2O4. The van der Waals surface area contributed by atoms with Crippen LogP contribution in [0.2, 0.25) is 0 Å². The Morgan fingerprint density at radius 1 is 1.00 bits per heavy atom. The minimum atomic E-state index is -0.518. The number of aromatic nitrogens is 1. The van der Waals surface area contributed by atoms with E-state index >= 15 is 0 Å². The third kappa shape index (κ3) is 6.37. The first-order valence-electron chi connectivity index (χ1n) is 9.95. The Balaban J connectivity index is 1.53. The second-order valence-corrected chi connectivity index (χ2v) is 8.03. The molecule has 158 valence electrons. The van der Waals surface area contributed by atoms with E-state index in [0.717, 1.165) is 22.2 Å². The van der Waals surface area contributed by atoms with Crippen LogP contribution >= 0.6 is 0 Å². The lowest BCUT2D eigenvalue weighted by Crippen LogP contribution is -2.36. The van der Waals surface area contributed by atoms with Crippen molar-refractivity contribution in [1.82, 2.24) is 9.88 Å². The predicted octanol–water partition coefficient (Wildman–Crippen LogP) is 5.06. The number of fused-ring (bicyclic) bond motifs is 1. The van der Waals surface area contributed by atoms with E-state index in [0.29, 0.717) is 25.6 Å². The van der Waals surface area contributed by atoms with Crippen LogP contribution in [-0.2, 0) is 11.3 Å². The van der Waals surface area contributed by atoms with E-state index in [1.54, 1.807) is 7.05 Å². The molecule has 6 nitrogen and oxygen atoms in total. The van der Waals surface area contributed by atoms with Gasteiger partial charge in [0.15, 0.2) is 0 Å². The van der Waals surface area contributed by atoms with Gasteiger partial charge < -0.3 is 19.1 Å². The van der Waals surface area contributed by atoms with Crippen LogP contribution in [0.3, 0.4) is 0 Å². The fraction of sp³-hybridized carbons (Fsp3) is 0.333. The highest BCUT2D eigenvalue weighted by atomic mass is 16.6. The Morgan fingerprint density at radius 3 is 2.50 bits per heavy atom. The number of likely N-dealkylation sites (N-methyl/N-ethyl adjacent to an activating group) is 1. The molecule has 0 N–H and O–H groups in total. The van der Waals surface area contributed by atoms with Crippen LogP contribution in [-0.4, -0.2) is 41.8 Å². The summed E-state index contributed by atoms with van der Waals surface area (Å²) in [7, 11) is 1.68. The van der Waals surface area contributed by atoms with E-state index in [1.165, 1.54) is 4.90 Å². The van der Waals surface area contributed by atoms with Crippen LogP contribution < -0.4 is 9.47 Å². The molecule has 3 aromatic rings. The molecule has 0 saturated carbocycles. The predicted molar refractivity (Wildman–Crippen MR) is 117 cm³/mol. The standard InChI is InChI=1S/C24H28N2O4/c1-24(2,3)30-23(27)26(4)14-15-28-22-13-10-19-16-20(11-12-21(19)25-22)29-17-18-8-6-5-7-9-18/h5-13,16H,14-15,17H2,1-4H3. The van der Waals surface area contributed by atoms with E-state index in [4.69, 9.17) is 14.2 Å². The van der Waals surface area contributed by atoms with Gasteiger partial charge in [0, 0.05) is 18.5 Å². The Hall–Kier alpha value is -3.28. The highest BCUT2D eigenvalue weighted by Crippen LogP contribution is 2.23. The second kappa shape index (κ2) is 9.48. The van der Waals surface area contributed by atoms with Crippen LogP contribution in [0, 0.1) is 0 Å². The van der Waals surface area contributed by atoms with Gasteiger partial charge in [-0.1, -0.05) is 30.3 Å². The Morgan fingerprint density at radius 2 is 1.77 bits per heavy atom. The number of nitrogens with zero attached hydrogens (tertiary/aromatic N) is 2. The van der Waals surface area contributed by atoms with Crippen LogP contribution in [0.5, 0.6) is 11.6 Å². The fourth-order valence-corrected chi connectivity index (χ4v) is 2.71. The average molecular weight is 408 g/mol. The molecule has 1 aromatic heterocycles. The number of pyridine rings is 1. The lowest BCUT2D eigenvalue weighted by Gasteiger charge is -2.24. The van der Waals surface area contributed by atoms with Gasteiger partial charge in [0.2, 0.25) is 5.88 Å². The number of benzene rings is 2. The third-order valence-corrected chi connectivity index (χ3v) is 4.27. The van der Waals surface area contributed by atoms with Gasteiger partial charge in [-0.2, -0.15) is 0 Å². The summed E-state index contributed by atoms with van der Waals surface area (Å²) in [5.74, 6) is 1.30. The highest BCUT2D eigenvalue weighted by Gasteiger charge is 2.19. The molecule has 6 heteroatoms. The minimum absolute atomic E-state index is 0.326. The van der Waals surface area contributed by atoms with Crippen LogP contribution in [0.15, 0.2) is 60.7 Å². The Labute approximate surface area is 177 Å². The molecule has 30 heavy (non-hydrogen) atoms. The number of amides is 1. The Bertz CT molecular complexity index is 983. The summed E-state index contributed by atoms with van der Waals surface area (Å²) >= 11 is 0. The van der Waals surface area contributed by atoms with Crippen LogP contribution in [0.4, 0.5) is 4.79 Å². The first kappa shape index (κ1) is 21.4. The molecule has 0 aliphatic rings. The number of hydrogen-bond donors (Lipinski definition) is 0. The average Bonchev–Trinajstić information content (AvgIpc) is 2.71. The van der Waals surface area contributed by atoms with E-state index in [-0.39, 0.29) is 6.09 Å². The van der Waals surface area contributed by atoms with E-state index in [9.17, 15) is 4.79 Å². The van der Waals surface area contributed by atoms with Crippen molar-refractivity contribution in [2.45, 2.75) is 33.0 Å². The number of rotatable bonds is 7. The molecule has 0 aliphatic carbocycles. The molecule has 0 fully saturated rings. The fourth-order valence-electron chi connectivity index (χ4n) is 2.71. The van der Waals surface area contributed by atoms with E-state index in [1.807, 2.05) is 81.4 Å². The summed E-state index contributed by atoms with van der Waals surface area (Å²) in [4.78, 5) is 18.0. The Kier molecular flexibility index (Phi) is 6.77. The van der Waals surface area contributed by atoms with Crippen molar-refractivity contribution in [3.8, 4) is 11.6 Å². The van der Waals surface area contributed by atoms with Gasteiger partial charge in [0.05, 0.1) is 12.1 Å². The van der Waals surface area contributed by atoms with Crippen LogP contribution in [0.1, 0.15) is 26.3 Å². The zero-order valence-corrected chi connectivity index (χ0v) is 17.9. The molecule has 1 heterocycles. The first-order valence-corrected chi connectivity index (χ1v) is 9.95. The van der Waals surface area contributed by atoms with Crippen LogP contribution in [0.25, 0.3) is 10.9 Å². The highest BCUT2D eigenvalue weighted by molar-refractivity contribution is 5.80. The summed E-state index contributed by atoms with van der Waals surface area (Å²) in [6.07, 6.45) is -0.374. The molecule has 0 saturated heterocycles. The van der Waals surface area contributed by atoms with Gasteiger partial charge >= 0.3 is 6.09 Å². The number of hydrogen-bond acceptors (Lipinski definition) is 5. The van der Waals surface area contributed by atoms with E-state index < -0.39 is 5.60 Å². The van der Waals surface area contributed by atoms with Crippen molar-refractivity contribution in [1.29, 1.82) is 0 Å². The lowest BCUT2D eigenvalue weighted by atomic mass is 10.2. The van der Waals surface area contributed by atoms with Crippen molar-refractivity contribution >= 4 is 17.0 Å². The maximum atomic E-state index is 12.0. The largest absolute Gasteiger partial charge is 0.489 e. The molecule has 0 spiro atoms. The van der Waals surface area contributed by atoms with Gasteiger partial charge in [-0.15, -0.1) is 0 Å². The molecule has 2 aromatic carbocycles. The first-order chi connectivity index (χ1) is 14.3. The van der Waals surface area contributed by atoms with Gasteiger partial charge in [0.25, 0.3) is 0 Å². The molecule has 1 amide bonds. The summed E-state index contributed by atoms with van der Waals surface area (Å²) in [5.41, 5.74) is 1.42. The number of ether oxygens (including phenoxy) is 3. The van der Waals surface area contributed by atoms with E-state index in [2.05, 4.69) is 4.98 Å². The molecule has 0 aliphatic heterocycles. The normalized spacial score (nSPS) is 11.2. The SMILES string of the molecule is CN(CCOc1ccc2cc(OCc3ccccc3)ccc2n1)C(=O)OC(C)(C)C. The summed E-state index contributed by atoms with van der Waals surface area (Å²) < 4.78 is 16.9. The van der Waals surface area contributed by atoms with Gasteiger partial charge in [-0.05, 0) is 50.6 Å². The molecule has 3 rings (SSSR count). The smallest absolute Gasteiger partial charge is 0.410 e. The van der Waals surface area contributed by atoms with Crippen molar-refractivity contribution in [2.75, 3.05) is 20.2 Å². The number of carbonyl (C=O) groups is 1. The van der Waals surface area contributed by atoms with Crippen molar-refractivity contribution in [2.24, 2.45) is 0 Å². The van der Waals surface area contributed by atoms with Gasteiger partial charge in [0.1, 0.15) is 24.6 Å². The minimum Gasteiger partial charge on any atom is -0.489 e. The summed E-state index contributed by atoms with van der Waals surface area (Å²) in [5, 5.41) is 0.971. The summed E-state index contributed by atoms with van der Waals surface area (Å²) in [6, 6.07) is 19.6. The maximum absolute atomic E-state index is 12.0. The summed E-state index contributed by atoms with van der Waals surface area (Å²) in [6.45, 7) is 6.77. The zero-order chi connectivity index (χ0) is 21.6. The molecule has 0 radical (unpaired) electrons.